The molecule has 8 heteroatoms. The first-order valence-corrected chi connectivity index (χ1v) is 9.39. The number of halogens is 2. The predicted molar refractivity (Wildman–Crippen MR) is 77.8 cm³/mol. The SMILES string of the molecule is Cc1ncc(C(O)C(F)(F)P(C)(C)=O)c2c1OC(C)(C)OC2. The van der Waals surface area contributed by atoms with E-state index in [1.807, 2.05) is 0 Å². The highest BCUT2D eigenvalue weighted by Gasteiger charge is 2.51. The Morgan fingerprint density at radius 3 is 2.59 bits per heavy atom. The molecule has 0 aromatic carbocycles. The maximum Gasteiger partial charge on any atom is 0.326 e. The van der Waals surface area contributed by atoms with E-state index in [-0.39, 0.29) is 12.2 Å². The lowest BCUT2D eigenvalue weighted by molar-refractivity contribution is -0.181. The van der Waals surface area contributed by atoms with Crippen molar-refractivity contribution in [3.05, 3.63) is 23.0 Å². The standard InChI is InChI=1S/C14H20F2NO4P/c1-8-11-10(7-20-13(2,3)21-11)9(6-17-8)12(18)14(15,16)22(4,5)19/h6,12,18H,7H2,1-5H3. The molecule has 1 N–H and O–H groups in total. The number of nitrogens with zero attached hydrogens (tertiary/aromatic N) is 1. The highest BCUT2D eigenvalue weighted by atomic mass is 31.2. The quantitative estimate of drug-likeness (QED) is 0.859. The fourth-order valence-electron chi connectivity index (χ4n) is 2.18. The van der Waals surface area contributed by atoms with Gasteiger partial charge in [-0.15, -0.1) is 0 Å². The van der Waals surface area contributed by atoms with Crippen molar-refractivity contribution in [1.82, 2.24) is 4.98 Å². The molecule has 0 saturated carbocycles. The molecule has 0 saturated heterocycles. The topological polar surface area (TPSA) is 68.7 Å². The van der Waals surface area contributed by atoms with Crippen LogP contribution in [0.2, 0.25) is 0 Å². The second kappa shape index (κ2) is 5.25. The van der Waals surface area contributed by atoms with Crippen molar-refractivity contribution >= 4 is 7.14 Å². The molecule has 1 aromatic rings. The van der Waals surface area contributed by atoms with Crippen LogP contribution in [0.3, 0.4) is 0 Å². The van der Waals surface area contributed by atoms with Crippen molar-refractivity contribution < 1.29 is 27.9 Å². The lowest BCUT2D eigenvalue weighted by Gasteiger charge is -2.35. The van der Waals surface area contributed by atoms with E-state index in [0.29, 0.717) is 17.0 Å². The van der Waals surface area contributed by atoms with Crippen LogP contribution in [-0.2, 0) is 15.9 Å². The van der Waals surface area contributed by atoms with Gasteiger partial charge in [-0.25, -0.2) is 0 Å². The zero-order valence-corrected chi connectivity index (χ0v) is 14.1. The van der Waals surface area contributed by atoms with E-state index in [0.717, 1.165) is 19.5 Å². The van der Waals surface area contributed by atoms with Crippen molar-refractivity contribution in [3.8, 4) is 5.75 Å². The number of pyridine rings is 1. The van der Waals surface area contributed by atoms with Crippen LogP contribution >= 0.6 is 7.14 Å². The van der Waals surface area contributed by atoms with E-state index in [1.165, 1.54) is 0 Å². The first kappa shape index (κ1) is 17.3. The summed E-state index contributed by atoms with van der Waals surface area (Å²) in [5.74, 6) is -0.582. The molecule has 124 valence electrons. The zero-order valence-electron chi connectivity index (χ0n) is 13.2. The number of ether oxygens (including phenoxy) is 2. The van der Waals surface area contributed by atoms with Gasteiger partial charge in [-0.3, -0.25) is 4.98 Å². The van der Waals surface area contributed by atoms with Crippen molar-refractivity contribution in [1.29, 1.82) is 0 Å². The number of hydrogen-bond donors (Lipinski definition) is 1. The normalized spacial score (nSPS) is 19.3. The third-order valence-corrected chi connectivity index (χ3v) is 5.28. The van der Waals surface area contributed by atoms with E-state index in [4.69, 9.17) is 9.47 Å². The van der Waals surface area contributed by atoms with Crippen LogP contribution in [0.1, 0.15) is 36.8 Å². The van der Waals surface area contributed by atoms with E-state index in [1.54, 1.807) is 20.8 Å². The van der Waals surface area contributed by atoms with Gasteiger partial charge >= 0.3 is 5.66 Å². The summed E-state index contributed by atoms with van der Waals surface area (Å²) in [6, 6.07) is 0. The van der Waals surface area contributed by atoms with Gasteiger partial charge in [0.25, 0.3) is 0 Å². The van der Waals surface area contributed by atoms with Crippen LogP contribution in [0.15, 0.2) is 6.20 Å². The molecule has 1 unspecified atom stereocenters. The Kier molecular flexibility index (Phi) is 4.13. The van der Waals surface area contributed by atoms with E-state index >= 15 is 0 Å². The fourth-order valence-corrected chi connectivity index (χ4v) is 2.90. The van der Waals surface area contributed by atoms with Crippen LogP contribution < -0.4 is 4.74 Å². The van der Waals surface area contributed by atoms with Crippen LogP contribution in [0, 0.1) is 6.92 Å². The number of hydrogen-bond acceptors (Lipinski definition) is 5. The molecule has 0 bridgehead atoms. The summed E-state index contributed by atoms with van der Waals surface area (Å²) in [7, 11) is -3.86. The molecule has 2 heterocycles. The predicted octanol–water partition coefficient (Wildman–Crippen LogP) is 3.28. The van der Waals surface area contributed by atoms with Gasteiger partial charge in [-0.2, -0.15) is 8.78 Å². The summed E-state index contributed by atoms with van der Waals surface area (Å²) in [6.45, 7) is 6.96. The average Bonchev–Trinajstić information content (AvgIpc) is 2.37. The number of fused-ring (bicyclic) bond motifs is 1. The van der Waals surface area contributed by atoms with E-state index in [9.17, 15) is 18.5 Å². The van der Waals surface area contributed by atoms with Crippen LogP contribution in [0.25, 0.3) is 0 Å². The lowest BCUT2D eigenvalue weighted by atomic mass is 10.0. The number of alkyl halides is 2. The highest BCUT2D eigenvalue weighted by Crippen LogP contribution is 2.60. The van der Waals surface area contributed by atoms with Crippen molar-refractivity contribution in [3.63, 3.8) is 0 Å². The molecule has 1 aliphatic rings. The molecule has 0 spiro atoms. The molecule has 2 rings (SSSR count). The van der Waals surface area contributed by atoms with E-state index in [2.05, 4.69) is 4.98 Å². The van der Waals surface area contributed by atoms with Crippen molar-refractivity contribution in [2.24, 2.45) is 0 Å². The lowest BCUT2D eigenvalue weighted by Crippen LogP contribution is -2.37. The van der Waals surface area contributed by atoms with Gasteiger partial charge in [-0.05, 0) is 20.3 Å². The second-order valence-electron chi connectivity index (χ2n) is 6.24. The van der Waals surface area contributed by atoms with Gasteiger partial charge in [0.05, 0.1) is 12.3 Å². The molecule has 1 atom stereocenters. The van der Waals surface area contributed by atoms with Crippen LogP contribution in [0.4, 0.5) is 8.78 Å². The number of aromatic nitrogens is 1. The second-order valence-corrected chi connectivity index (χ2v) is 9.54. The molecule has 0 amide bonds. The minimum Gasteiger partial charge on any atom is -0.461 e. The molecule has 5 nitrogen and oxygen atoms in total. The van der Waals surface area contributed by atoms with Gasteiger partial charge in [0.2, 0.25) is 5.79 Å². The Hall–Kier alpha value is -1.04. The molecule has 0 fully saturated rings. The third-order valence-electron chi connectivity index (χ3n) is 3.60. The maximum atomic E-state index is 14.2. The fraction of sp³-hybridized carbons (Fsp3) is 0.643. The maximum absolute atomic E-state index is 14.2. The Bertz CT molecular complexity index is 642. The summed E-state index contributed by atoms with van der Waals surface area (Å²) in [6.07, 6.45) is -1.07. The number of aliphatic hydroxyl groups is 1. The Morgan fingerprint density at radius 2 is 2.05 bits per heavy atom. The third kappa shape index (κ3) is 2.90. The Balaban J connectivity index is 2.53. The first-order chi connectivity index (χ1) is 9.87. The minimum absolute atomic E-state index is 0.00585. The van der Waals surface area contributed by atoms with Crippen molar-refractivity contribution in [2.75, 3.05) is 13.3 Å². The zero-order chi connectivity index (χ0) is 16.9. The molecule has 22 heavy (non-hydrogen) atoms. The van der Waals surface area contributed by atoms with Crippen LogP contribution in [0.5, 0.6) is 5.75 Å². The van der Waals surface area contributed by atoms with Gasteiger partial charge in [0.15, 0.2) is 13.2 Å². The summed E-state index contributed by atoms with van der Waals surface area (Å²) in [4.78, 5) is 4.01. The number of aryl methyl sites for hydroxylation is 1. The number of aliphatic hydroxyl groups excluding tert-OH is 1. The summed E-state index contributed by atoms with van der Waals surface area (Å²) >= 11 is 0. The largest absolute Gasteiger partial charge is 0.461 e. The van der Waals surface area contributed by atoms with Gasteiger partial charge in [0, 0.05) is 31.2 Å². The smallest absolute Gasteiger partial charge is 0.326 e. The van der Waals surface area contributed by atoms with Gasteiger partial charge in [0.1, 0.15) is 5.75 Å². The molecular formula is C14H20F2NO4P. The molecular weight excluding hydrogens is 315 g/mol. The minimum atomic E-state index is -3.86. The summed E-state index contributed by atoms with van der Waals surface area (Å²) < 4.78 is 51.3. The first-order valence-electron chi connectivity index (χ1n) is 6.79. The average molecular weight is 335 g/mol. The molecule has 1 aliphatic heterocycles. The van der Waals surface area contributed by atoms with Crippen LogP contribution in [-0.4, -0.2) is 34.9 Å². The van der Waals surface area contributed by atoms with Gasteiger partial charge < -0.3 is 19.1 Å². The monoisotopic (exact) mass is 335 g/mol. The highest BCUT2D eigenvalue weighted by molar-refractivity contribution is 7.63. The van der Waals surface area contributed by atoms with E-state index < -0.39 is 24.7 Å². The van der Waals surface area contributed by atoms with Crippen molar-refractivity contribution in [2.45, 2.75) is 44.9 Å². The molecule has 0 aliphatic carbocycles. The molecule has 0 radical (unpaired) electrons. The summed E-state index contributed by atoms with van der Waals surface area (Å²) in [5.41, 5.74) is -3.05. The molecule has 1 aromatic heterocycles. The Morgan fingerprint density at radius 1 is 1.45 bits per heavy atom. The Labute approximate surface area is 128 Å². The number of rotatable bonds is 3. The van der Waals surface area contributed by atoms with Gasteiger partial charge in [-0.1, -0.05) is 0 Å². The summed E-state index contributed by atoms with van der Waals surface area (Å²) in [5, 5.41) is 10.1.